The maximum Gasteiger partial charge on any atom is 0.256 e. The minimum atomic E-state index is 0.125. The fourth-order valence-electron chi connectivity index (χ4n) is 2.72. The van der Waals surface area contributed by atoms with Crippen molar-refractivity contribution in [1.82, 2.24) is 9.88 Å². The van der Waals surface area contributed by atoms with Crippen LogP contribution in [0.2, 0.25) is 4.47 Å². The summed E-state index contributed by atoms with van der Waals surface area (Å²) in [7, 11) is 0. The molecule has 1 aliphatic heterocycles. The molecule has 0 saturated carbocycles. The lowest BCUT2D eigenvalue weighted by atomic mass is 10.0. The van der Waals surface area contributed by atoms with Gasteiger partial charge in [-0.25, -0.2) is 4.98 Å². The van der Waals surface area contributed by atoms with Crippen LogP contribution in [-0.4, -0.2) is 28.9 Å². The number of benzene rings is 1. The highest BCUT2D eigenvalue weighted by Crippen LogP contribution is 2.25. The molecule has 1 aromatic carbocycles. The summed E-state index contributed by atoms with van der Waals surface area (Å²) in [5.74, 6) is 0.125. The summed E-state index contributed by atoms with van der Waals surface area (Å²) in [6, 6.07) is 5.91. The molecule has 1 saturated heterocycles. The topological polar surface area (TPSA) is 45.2 Å². The van der Waals surface area contributed by atoms with Gasteiger partial charge in [0.15, 0.2) is 4.47 Å². The van der Waals surface area contributed by atoms with Gasteiger partial charge in [-0.15, -0.1) is 11.3 Å². The van der Waals surface area contributed by atoms with E-state index >= 15 is 0 Å². The van der Waals surface area contributed by atoms with Crippen LogP contribution in [0.3, 0.4) is 0 Å². The van der Waals surface area contributed by atoms with Gasteiger partial charge >= 0.3 is 0 Å². The number of nitrogens with one attached hydrogen (secondary N) is 1. The largest absolute Gasteiger partial charge is 0.379 e. The molecule has 1 fully saturated rings. The maximum absolute atomic E-state index is 12.8. The molecular formula is C16H18ClN3OS. The van der Waals surface area contributed by atoms with E-state index < -0.39 is 0 Å². The molecule has 2 aromatic rings. The van der Waals surface area contributed by atoms with E-state index in [1.807, 2.05) is 30.0 Å². The highest BCUT2D eigenvalue weighted by molar-refractivity contribution is 7.15. The lowest BCUT2D eigenvalue weighted by Gasteiger charge is -2.20. The number of thiazole rings is 1. The molecule has 22 heavy (non-hydrogen) atoms. The van der Waals surface area contributed by atoms with Crippen molar-refractivity contribution in [3.8, 4) is 0 Å². The molecule has 0 bridgehead atoms. The van der Waals surface area contributed by atoms with E-state index in [1.165, 1.54) is 11.3 Å². The van der Waals surface area contributed by atoms with Gasteiger partial charge in [-0.2, -0.15) is 0 Å². The van der Waals surface area contributed by atoms with Crippen molar-refractivity contribution >= 4 is 34.5 Å². The highest BCUT2D eigenvalue weighted by Gasteiger charge is 2.23. The third-order valence-corrected chi connectivity index (χ3v) is 4.97. The number of carbonyl (C=O) groups is 1. The van der Waals surface area contributed by atoms with Crippen LogP contribution in [0.5, 0.6) is 0 Å². The van der Waals surface area contributed by atoms with Crippen LogP contribution in [0, 0.1) is 6.92 Å². The van der Waals surface area contributed by atoms with Crippen molar-refractivity contribution in [1.29, 1.82) is 0 Å². The molecule has 0 atom stereocenters. The first-order valence-electron chi connectivity index (χ1n) is 7.38. The van der Waals surface area contributed by atoms with Gasteiger partial charge in [-0.05, 0) is 31.4 Å². The Balaban J connectivity index is 1.81. The number of aromatic nitrogens is 1. The van der Waals surface area contributed by atoms with Crippen molar-refractivity contribution in [2.24, 2.45) is 0 Å². The smallest absolute Gasteiger partial charge is 0.256 e. The molecular weight excluding hydrogens is 318 g/mol. The van der Waals surface area contributed by atoms with Gasteiger partial charge < -0.3 is 10.2 Å². The Kier molecular flexibility index (Phi) is 4.64. The SMILES string of the molecule is Cc1cccc(NCc2cnc(Cl)s2)c1C(=O)N1CCCC1. The molecule has 2 heterocycles. The Morgan fingerprint density at radius 3 is 2.86 bits per heavy atom. The molecule has 1 N–H and O–H groups in total. The third kappa shape index (κ3) is 3.25. The summed E-state index contributed by atoms with van der Waals surface area (Å²) < 4.78 is 0.536. The molecule has 116 valence electrons. The van der Waals surface area contributed by atoms with Crippen molar-refractivity contribution in [2.45, 2.75) is 26.3 Å². The molecule has 0 radical (unpaired) electrons. The molecule has 1 amide bonds. The first kappa shape index (κ1) is 15.3. The predicted octanol–water partition coefficient (Wildman–Crippen LogP) is 3.95. The molecule has 1 aromatic heterocycles. The predicted molar refractivity (Wildman–Crippen MR) is 90.8 cm³/mol. The summed E-state index contributed by atoms with van der Waals surface area (Å²) in [4.78, 5) is 19.8. The van der Waals surface area contributed by atoms with Crippen LogP contribution < -0.4 is 5.32 Å². The highest BCUT2D eigenvalue weighted by atomic mass is 35.5. The van der Waals surface area contributed by atoms with E-state index in [1.54, 1.807) is 6.20 Å². The van der Waals surface area contributed by atoms with Gasteiger partial charge in [0.25, 0.3) is 5.91 Å². The standard InChI is InChI=1S/C16H18ClN3OS/c1-11-5-4-6-13(18-9-12-10-19-16(17)22-12)14(11)15(21)20-7-2-3-8-20/h4-6,10,18H,2-3,7-9H2,1H3. The van der Waals surface area contributed by atoms with Crippen molar-refractivity contribution in [2.75, 3.05) is 18.4 Å². The lowest BCUT2D eigenvalue weighted by Crippen LogP contribution is -2.29. The number of hydrogen-bond donors (Lipinski definition) is 1. The number of anilines is 1. The number of amides is 1. The monoisotopic (exact) mass is 335 g/mol. The summed E-state index contributed by atoms with van der Waals surface area (Å²) in [6.45, 7) is 4.32. The number of carbonyl (C=O) groups excluding carboxylic acids is 1. The van der Waals surface area contributed by atoms with Crippen LogP contribution in [0.4, 0.5) is 5.69 Å². The average Bonchev–Trinajstić information content (AvgIpc) is 3.16. The third-order valence-electron chi connectivity index (χ3n) is 3.86. The molecule has 4 nitrogen and oxygen atoms in total. The van der Waals surface area contributed by atoms with Crippen LogP contribution in [-0.2, 0) is 6.54 Å². The number of likely N-dealkylation sites (tertiary alicyclic amines) is 1. The summed E-state index contributed by atoms with van der Waals surface area (Å²) in [5.41, 5.74) is 2.66. The van der Waals surface area contributed by atoms with Gasteiger partial charge in [0.05, 0.1) is 12.1 Å². The number of aryl methyl sites for hydroxylation is 1. The fourth-order valence-corrected chi connectivity index (χ4v) is 3.64. The molecule has 0 spiro atoms. The van der Waals surface area contributed by atoms with Crippen LogP contribution in [0.15, 0.2) is 24.4 Å². The van der Waals surface area contributed by atoms with Gasteiger partial charge in [0.1, 0.15) is 0 Å². The summed E-state index contributed by atoms with van der Waals surface area (Å²) >= 11 is 7.30. The fraction of sp³-hybridized carbons (Fsp3) is 0.375. The number of rotatable bonds is 4. The van der Waals surface area contributed by atoms with E-state index in [-0.39, 0.29) is 5.91 Å². The number of nitrogens with zero attached hydrogens (tertiary/aromatic N) is 2. The Morgan fingerprint density at radius 1 is 1.41 bits per heavy atom. The van der Waals surface area contributed by atoms with Gasteiger partial charge in [0, 0.05) is 29.9 Å². The average molecular weight is 336 g/mol. The van der Waals surface area contributed by atoms with E-state index in [2.05, 4.69) is 10.3 Å². The second-order valence-corrected chi connectivity index (χ2v) is 7.13. The van der Waals surface area contributed by atoms with E-state index in [4.69, 9.17) is 11.6 Å². The van der Waals surface area contributed by atoms with Crippen molar-refractivity contribution in [3.63, 3.8) is 0 Å². The Labute approximate surface area is 139 Å². The molecule has 1 aliphatic rings. The second kappa shape index (κ2) is 6.67. The van der Waals surface area contributed by atoms with Crippen LogP contribution in [0.25, 0.3) is 0 Å². The summed E-state index contributed by atoms with van der Waals surface area (Å²) in [6.07, 6.45) is 3.96. The van der Waals surface area contributed by atoms with Crippen LogP contribution in [0.1, 0.15) is 33.6 Å². The van der Waals surface area contributed by atoms with Gasteiger partial charge in [-0.3, -0.25) is 4.79 Å². The first-order valence-corrected chi connectivity index (χ1v) is 8.57. The summed E-state index contributed by atoms with van der Waals surface area (Å²) in [5, 5.41) is 3.35. The minimum absolute atomic E-state index is 0.125. The molecule has 3 rings (SSSR count). The zero-order chi connectivity index (χ0) is 15.5. The Morgan fingerprint density at radius 2 is 2.18 bits per heavy atom. The van der Waals surface area contributed by atoms with E-state index in [0.717, 1.165) is 47.6 Å². The zero-order valence-electron chi connectivity index (χ0n) is 12.4. The maximum atomic E-state index is 12.8. The van der Waals surface area contributed by atoms with Crippen molar-refractivity contribution < 1.29 is 4.79 Å². The van der Waals surface area contributed by atoms with Crippen LogP contribution >= 0.6 is 22.9 Å². The molecule has 6 heteroatoms. The zero-order valence-corrected chi connectivity index (χ0v) is 14.0. The Hall–Kier alpha value is -1.59. The minimum Gasteiger partial charge on any atom is -0.379 e. The van der Waals surface area contributed by atoms with Gasteiger partial charge in [-0.1, -0.05) is 23.7 Å². The second-order valence-electron chi connectivity index (χ2n) is 5.43. The first-order chi connectivity index (χ1) is 10.6. The lowest BCUT2D eigenvalue weighted by molar-refractivity contribution is 0.0793. The van der Waals surface area contributed by atoms with Crippen molar-refractivity contribution in [3.05, 3.63) is 44.9 Å². The quantitative estimate of drug-likeness (QED) is 0.920. The Bertz CT molecular complexity index is 680. The van der Waals surface area contributed by atoms with Gasteiger partial charge in [0.2, 0.25) is 0 Å². The van der Waals surface area contributed by atoms with E-state index in [0.29, 0.717) is 11.0 Å². The van der Waals surface area contributed by atoms with E-state index in [9.17, 15) is 4.79 Å². The normalized spacial score (nSPS) is 14.4. The molecule has 0 aliphatic carbocycles. The molecule has 0 unspecified atom stereocenters. The number of halogens is 1. The number of hydrogen-bond acceptors (Lipinski definition) is 4.